The van der Waals surface area contributed by atoms with E-state index in [1.165, 1.54) is 22.1 Å². The highest BCUT2D eigenvalue weighted by molar-refractivity contribution is 7.09. The summed E-state index contributed by atoms with van der Waals surface area (Å²) in [7, 11) is 0. The van der Waals surface area contributed by atoms with E-state index in [1.54, 1.807) is 16.7 Å². The SMILES string of the molecule is Cc1nc(Cn2nc3n(c(=O)c2=O)CC[C@@]32CCN(Cc3cccc(F)c3)C2)cs1. The predicted molar refractivity (Wildman–Crippen MR) is 111 cm³/mol. The fourth-order valence-corrected chi connectivity index (χ4v) is 5.29. The van der Waals surface area contributed by atoms with Crippen molar-refractivity contribution < 1.29 is 4.39 Å². The second-order valence-electron chi connectivity index (χ2n) is 8.22. The van der Waals surface area contributed by atoms with Crippen LogP contribution in [0.1, 0.15) is 34.9 Å². The molecule has 2 aliphatic heterocycles. The Bertz CT molecular complexity index is 1230. The Morgan fingerprint density at radius 1 is 1.17 bits per heavy atom. The van der Waals surface area contributed by atoms with Gasteiger partial charge < -0.3 is 0 Å². The Labute approximate surface area is 176 Å². The first-order chi connectivity index (χ1) is 14.4. The maximum Gasteiger partial charge on any atom is 0.332 e. The van der Waals surface area contributed by atoms with Crippen LogP contribution in [0.15, 0.2) is 39.2 Å². The van der Waals surface area contributed by atoms with Crippen molar-refractivity contribution in [3.8, 4) is 0 Å². The summed E-state index contributed by atoms with van der Waals surface area (Å²) in [5.74, 6) is 0.461. The molecule has 2 aromatic heterocycles. The van der Waals surface area contributed by atoms with Crippen LogP contribution in [0.4, 0.5) is 4.39 Å². The van der Waals surface area contributed by atoms with Crippen LogP contribution in [-0.2, 0) is 25.0 Å². The summed E-state index contributed by atoms with van der Waals surface area (Å²) < 4.78 is 16.4. The number of rotatable bonds is 4. The van der Waals surface area contributed by atoms with E-state index in [9.17, 15) is 14.0 Å². The topological polar surface area (TPSA) is 73.0 Å². The highest BCUT2D eigenvalue weighted by atomic mass is 32.1. The average molecular weight is 428 g/mol. The van der Waals surface area contributed by atoms with E-state index in [0.717, 1.165) is 42.2 Å². The van der Waals surface area contributed by atoms with Gasteiger partial charge in [-0.05, 0) is 44.0 Å². The number of thiazole rings is 1. The van der Waals surface area contributed by atoms with Gasteiger partial charge in [-0.1, -0.05) is 12.1 Å². The van der Waals surface area contributed by atoms with Gasteiger partial charge >= 0.3 is 11.1 Å². The normalized spacial score (nSPS) is 20.9. The standard InChI is InChI=1S/C21H22FN5O2S/c1-14-23-17(12-30-14)11-27-19(29)18(28)26-8-6-21(20(26)24-27)5-7-25(13-21)10-15-3-2-4-16(22)9-15/h2-4,9,12H,5-8,10-11,13H2,1H3/t21-/m1/s1. The average Bonchev–Trinajstić information content (AvgIpc) is 3.40. The molecule has 5 rings (SSSR count). The van der Waals surface area contributed by atoms with Gasteiger partial charge in [0.05, 0.1) is 17.2 Å². The molecule has 0 amide bonds. The quantitative estimate of drug-likeness (QED) is 0.595. The summed E-state index contributed by atoms with van der Waals surface area (Å²) in [6.45, 7) is 4.86. The maximum atomic E-state index is 13.5. The number of halogens is 1. The lowest BCUT2D eigenvalue weighted by molar-refractivity contribution is 0.297. The predicted octanol–water partition coefficient (Wildman–Crippen LogP) is 1.90. The highest BCUT2D eigenvalue weighted by Gasteiger charge is 2.47. The molecule has 0 bridgehead atoms. The van der Waals surface area contributed by atoms with E-state index in [-0.39, 0.29) is 17.8 Å². The van der Waals surface area contributed by atoms with Crippen LogP contribution in [0.25, 0.3) is 0 Å². The first kappa shape index (κ1) is 19.3. The van der Waals surface area contributed by atoms with Gasteiger partial charge in [0.15, 0.2) is 0 Å². The minimum absolute atomic E-state index is 0.204. The summed E-state index contributed by atoms with van der Waals surface area (Å²) in [5, 5.41) is 7.46. The summed E-state index contributed by atoms with van der Waals surface area (Å²) >= 11 is 1.51. The van der Waals surface area contributed by atoms with Gasteiger partial charge in [0.25, 0.3) is 0 Å². The third-order valence-electron chi connectivity index (χ3n) is 6.13. The second-order valence-corrected chi connectivity index (χ2v) is 9.28. The molecule has 7 nitrogen and oxygen atoms in total. The number of fused-ring (bicyclic) bond motifs is 2. The van der Waals surface area contributed by atoms with E-state index >= 15 is 0 Å². The van der Waals surface area contributed by atoms with Crippen LogP contribution >= 0.6 is 11.3 Å². The Kier molecular flexibility index (Phi) is 4.67. The van der Waals surface area contributed by atoms with E-state index in [4.69, 9.17) is 0 Å². The van der Waals surface area contributed by atoms with Gasteiger partial charge in [0, 0.05) is 30.4 Å². The number of likely N-dealkylation sites (tertiary alicyclic amines) is 1. The van der Waals surface area contributed by atoms with Crippen LogP contribution in [0.2, 0.25) is 0 Å². The van der Waals surface area contributed by atoms with Crippen LogP contribution in [0.3, 0.4) is 0 Å². The fraction of sp³-hybridized carbons (Fsp3) is 0.429. The molecular weight excluding hydrogens is 405 g/mol. The molecule has 3 aromatic rings. The van der Waals surface area contributed by atoms with E-state index in [1.807, 2.05) is 18.4 Å². The molecule has 2 aliphatic rings. The Morgan fingerprint density at radius 3 is 2.77 bits per heavy atom. The van der Waals surface area contributed by atoms with E-state index in [0.29, 0.717) is 18.9 Å². The second kappa shape index (κ2) is 7.24. The molecule has 1 fully saturated rings. The molecule has 0 aliphatic carbocycles. The van der Waals surface area contributed by atoms with Crippen LogP contribution in [0.5, 0.6) is 0 Å². The van der Waals surface area contributed by atoms with Crippen molar-refractivity contribution in [1.29, 1.82) is 0 Å². The third-order valence-corrected chi connectivity index (χ3v) is 6.95. The van der Waals surface area contributed by atoms with Crippen molar-refractivity contribution in [2.24, 2.45) is 0 Å². The Balaban J connectivity index is 1.44. The number of hydrogen-bond acceptors (Lipinski definition) is 6. The van der Waals surface area contributed by atoms with Gasteiger partial charge in [0.1, 0.15) is 11.6 Å². The molecule has 0 radical (unpaired) electrons. The zero-order valence-corrected chi connectivity index (χ0v) is 17.5. The maximum absolute atomic E-state index is 13.5. The number of aryl methyl sites for hydroxylation is 1. The molecule has 1 aromatic carbocycles. The molecule has 4 heterocycles. The lowest BCUT2D eigenvalue weighted by atomic mass is 9.85. The number of hydrogen-bond donors (Lipinski definition) is 0. The molecule has 1 spiro atoms. The number of aromatic nitrogens is 4. The molecule has 156 valence electrons. The first-order valence-electron chi connectivity index (χ1n) is 10.0. The molecule has 30 heavy (non-hydrogen) atoms. The van der Waals surface area contributed by atoms with E-state index < -0.39 is 11.1 Å². The lowest BCUT2D eigenvalue weighted by Crippen LogP contribution is -2.45. The van der Waals surface area contributed by atoms with Crippen LogP contribution < -0.4 is 11.1 Å². The molecule has 0 saturated carbocycles. The van der Waals surface area contributed by atoms with Crippen molar-refractivity contribution in [1.82, 2.24) is 24.2 Å². The van der Waals surface area contributed by atoms with Gasteiger partial charge in [-0.15, -0.1) is 11.3 Å². The van der Waals surface area contributed by atoms with Crippen molar-refractivity contribution in [3.05, 3.63) is 78.3 Å². The monoisotopic (exact) mass is 427 g/mol. The molecule has 1 atom stereocenters. The molecule has 0 unspecified atom stereocenters. The third kappa shape index (κ3) is 3.31. The molecule has 1 saturated heterocycles. The van der Waals surface area contributed by atoms with Crippen molar-refractivity contribution in [2.45, 2.75) is 44.8 Å². The Hall–Kier alpha value is -2.65. The smallest absolute Gasteiger partial charge is 0.298 e. The van der Waals surface area contributed by atoms with Gasteiger partial charge in [-0.3, -0.25) is 19.1 Å². The largest absolute Gasteiger partial charge is 0.332 e. The summed E-state index contributed by atoms with van der Waals surface area (Å²) in [5.41, 5.74) is 0.310. The Morgan fingerprint density at radius 2 is 2.00 bits per heavy atom. The van der Waals surface area contributed by atoms with Crippen molar-refractivity contribution in [2.75, 3.05) is 13.1 Å². The molecule has 9 heteroatoms. The van der Waals surface area contributed by atoms with Crippen molar-refractivity contribution in [3.63, 3.8) is 0 Å². The summed E-state index contributed by atoms with van der Waals surface area (Å²) in [6, 6.07) is 6.65. The van der Waals surface area contributed by atoms with Crippen LogP contribution in [0, 0.1) is 12.7 Å². The zero-order chi connectivity index (χ0) is 20.9. The molecular formula is C21H22FN5O2S. The van der Waals surface area contributed by atoms with Crippen molar-refractivity contribution >= 4 is 11.3 Å². The van der Waals surface area contributed by atoms with Gasteiger partial charge in [-0.25, -0.2) is 14.1 Å². The van der Waals surface area contributed by atoms with Gasteiger partial charge in [-0.2, -0.15) is 5.10 Å². The number of benzene rings is 1. The first-order valence-corrected chi connectivity index (χ1v) is 10.9. The molecule has 0 N–H and O–H groups in total. The minimum Gasteiger partial charge on any atom is -0.298 e. The van der Waals surface area contributed by atoms with Gasteiger partial charge in [0.2, 0.25) is 0 Å². The number of nitrogens with zero attached hydrogens (tertiary/aromatic N) is 5. The fourth-order valence-electron chi connectivity index (χ4n) is 4.69. The summed E-state index contributed by atoms with van der Waals surface area (Å²) in [4.78, 5) is 32.0. The van der Waals surface area contributed by atoms with E-state index in [2.05, 4.69) is 15.0 Å². The minimum atomic E-state index is -0.601. The lowest BCUT2D eigenvalue weighted by Gasteiger charge is -2.23. The summed E-state index contributed by atoms with van der Waals surface area (Å²) in [6.07, 6.45) is 1.65. The highest BCUT2D eigenvalue weighted by Crippen LogP contribution is 2.40. The zero-order valence-electron chi connectivity index (χ0n) is 16.7. The van der Waals surface area contributed by atoms with Crippen LogP contribution in [-0.4, -0.2) is 37.3 Å².